The van der Waals surface area contributed by atoms with Crippen molar-refractivity contribution < 1.29 is 8.42 Å². The second-order valence-corrected chi connectivity index (χ2v) is 7.44. The predicted octanol–water partition coefficient (Wildman–Crippen LogP) is 1.77. The van der Waals surface area contributed by atoms with E-state index in [0.717, 1.165) is 29.8 Å². The fraction of sp³-hybridized carbons (Fsp3) is 0.700. The lowest BCUT2D eigenvalue weighted by Gasteiger charge is -2.21. The van der Waals surface area contributed by atoms with Crippen molar-refractivity contribution in [2.45, 2.75) is 32.1 Å². The van der Waals surface area contributed by atoms with Crippen molar-refractivity contribution in [3.05, 3.63) is 16.1 Å². The molecule has 2 rings (SSSR count). The molecule has 90 valence electrons. The summed E-state index contributed by atoms with van der Waals surface area (Å²) >= 11 is 3.39. The van der Waals surface area contributed by atoms with Crippen molar-refractivity contribution in [3.8, 4) is 0 Å². The summed E-state index contributed by atoms with van der Waals surface area (Å²) in [6.45, 7) is 3.11. The van der Waals surface area contributed by atoms with Crippen LogP contribution in [0.15, 0.2) is 4.73 Å². The average molecular weight is 307 g/mol. The molecule has 0 saturated heterocycles. The van der Waals surface area contributed by atoms with Crippen LogP contribution in [0.25, 0.3) is 0 Å². The molecule has 1 unspecified atom stereocenters. The Morgan fingerprint density at radius 3 is 2.88 bits per heavy atom. The number of halogens is 1. The van der Waals surface area contributed by atoms with Crippen LogP contribution in [0.2, 0.25) is 0 Å². The highest BCUT2D eigenvalue weighted by atomic mass is 79.9. The number of nitrogens with zero attached hydrogens (tertiary/aromatic N) is 2. The molecule has 1 aliphatic heterocycles. The number of fused-ring (bicyclic) bond motifs is 1. The lowest BCUT2D eigenvalue weighted by Crippen LogP contribution is -2.18. The molecule has 16 heavy (non-hydrogen) atoms. The Hall–Kier alpha value is -0.360. The van der Waals surface area contributed by atoms with Crippen LogP contribution in [0.3, 0.4) is 0 Å². The Labute approximate surface area is 104 Å². The zero-order valence-electron chi connectivity index (χ0n) is 9.40. The Morgan fingerprint density at radius 2 is 2.25 bits per heavy atom. The molecule has 1 aromatic rings. The first kappa shape index (κ1) is 12.1. The van der Waals surface area contributed by atoms with Gasteiger partial charge in [0.1, 0.15) is 0 Å². The summed E-state index contributed by atoms with van der Waals surface area (Å²) in [5, 5.41) is 0. The number of imidazole rings is 1. The minimum atomic E-state index is -3.01. The summed E-state index contributed by atoms with van der Waals surface area (Å²) in [7, 11) is -3.01. The Balaban J connectivity index is 2.40. The number of sulfone groups is 1. The molecule has 0 aromatic carbocycles. The zero-order chi connectivity index (χ0) is 11.9. The molecule has 0 aliphatic carbocycles. The van der Waals surface area contributed by atoms with Gasteiger partial charge in [-0.25, -0.2) is 13.4 Å². The summed E-state index contributed by atoms with van der Waals surface area (Å²) in [6.07, 6.45) is 3.29. The highest BCUT2D eigenvalue weighted by Crippen LogP contribution is 2.27. The molecule has 4 nitrogen and oxygen atoms in total. The standard InChI is InChI=1S/C10H15BrN2O2S/c1-7-3-4-13-9(5-7)8(12-10(13)11)6-16(2,14)15/h7H,3-6H2,1-2H3. The van der Waals surface area contributed by atoms with Crippen molar-refractivity contribution in [1.82, 2.24) is 9.55 Å². The van der Waals surface area contributed by atoms with Gasteiger partial charge in [0.05, 0.1) is 11.4 Å². The highest BCUT2D eigenvalue weighted by molar-refractivity contribution is 9.10. The number of hydrogen-bond donors (Lipinski definition) is 0. The van der Waals surface area contributed by atoms with Crippen LogP contribution < -0.4 is 0 Å². The molecule has 2 heterocycles. The summed E-state index contributed by atoms with van der Waals surface area (Å²) in [5.74, 6) is 0.648. The summed E-state index contributed by atoms with van der Waals surface area (Å²) in [4.78, 5) is 4.31. The van der Waals surface area contributed by atoms with Crippen LogP contribution in [-0.4, -0.2) is 24.2 Å². The van der Waals surface area contributed by atoms with Crippen molar-refractivity contribution in [2.75, 3.05) is 6.26 Å². The van der Waals surface area contributed by atoms with Crippen molar-refractivity contribution >= 4 is 25.8 Å². The van der Waals surface area contributed by atoms with Crippen molar-refractivity contribution in [3.63, 3.8) is 0 Å². The molecule has 0 saturated carbocycles. The van der Waals surface area contributed by atoms with Gasteiger partial charge >= 0.3 is 0 Å². The quantitative estimate of drug-likeness (QED) is 0.837. The maximum Gasteiger partial charge on any atom is 0.177 e. The van der Waals surface area contributed by atoms with Gasteiger partial charge in [0, 0.05) is 18.5 Å². The van der Waals surface area contributed by atoms with Crippen molar-refractivity contribution in [1.29, 1.82) is 0 Å². The van der Waals surface area contributed by atoms with E-state index >= 15 is 0 Å². The van der Waals surface area contributed by atoms with E-state index in [9.17, 15) is 8.42 Å². The Morgan fingerprint density at radius 1 is 1.56 bits per heavy atom. The molecule has 0 bridgehead atoms. The predicted molar refractivity (Wildman–Crippen MR) is 66.0 cm³/mol. The second-order valence-electron chi connectivity index (χ2n) is 4.59. The second kappa shape index (κ2) is 4.14. The van der Waals surface area contributed by atoms with Gasteiger partial charge in [0.25, 0.3) is 0 Å². The molecular formula is C10H15BrN2O2S. The van der Waals surface area contributed by atoms with Gasteiger partial charge in [0.15, 0.2) is 14.6 Å². The topological polar surface area (TPSA) is 52.0 Å². The van der Waals surface area contributed by atoms with Gasteiger partial charge in [-0.3, -0.25) is 0 Å². The third-order valence-electron chi connectivity index (χ3n) is 2.90. The minimum absolute atomic E-state index is 0.0423. The number of rotatable bonds is 2. The first-order valence-corrected chi connectivity index (χ1v) is 8.13. The van der Waals surface area contributed by atoms with Crippen LogP contribution in [-0.2, 0) is 28.6 Å². The fourth-order valence-electron chi connectivity index (χ4n) is 2.10. The largest absolute Gasteiger partial charge is 0.322 e. The van der Waals surface area contributed by atoms with E-state index in [1.807, 2.05) is 0 Å². The summed E-state index contributed by atoms with van der Waals surface area (Å²) < 4.78 is 25.5. The molecule has 0 fully saturated rings. The third-order valence-corrected chi connectivity index (χ3v) is 4.30. The first-order valence-electron chi connectivity index (χ1n) is 5.28. The van der Waals surface area contributed by atoms with E-state index in [1.54, 1.807) is 0 Å². The van der Waals surface area contributed by atoms with Crippen LogP contribution in [0.4, 0.5) is 0 Å². The van der Waals surface area contributed by atoms with Crippen LogP contribution in [0.5, 0.6) is 0 Å². The summed E-state index contributed by atoms with van der Waals surface area (Å²) in [5.41, 5.74) is 1.79. The number of aromatic nitrogens is 2. The monoisotopic (exact) mass is 306 g/mol. The maximum absolute atomic E-state index is 11.3. The van der Waals surface area contributed by atoms with E-state index in [-0.39, 0.29) is 5.75 Å². The van der Waals surface area contributed by atoms with E-state index in [1.165, 1.54) is 6.26 Å². The van der Waals surface area contributed by atoms with E-state index < -0.39 is 9.84 Å². The minimum Gasteiger partial charge on any atom is -0.322 e. The SMILES string of the molecule is CC1CCn2c(Br)nc(CS(C)(=O)=O)c2C1. The van der Waals surface area contributed by atoms with E-state index in [4.69, 9.17) is 0 Å². The van der Waals surface area contributed by atoms with E-state index in [2.05, 4.69) is 32.4 Å². The molecular weight excluding hydrogens is 292 g/mol. The Bertz CT molecular complexity index is 507. The molecule has 1 aromatic heterocycles. The molecule has 0 spiro atoms. The van der Waals surface area contributed by atoms with Crippen LogP contribution in [0.1, 0.15) is 24.7 Å². The van der Waals surface area contributed by atoms with E-state index in [0.29, 0.717) is 11.6 Å². The fourth-order valence-corrected chi connectivity index (χ4v) is 3.44. The maximum atomic E-state index is 11.3. The molecule has 1 aliphatic rings. The van der Waals surface area contributed by atoms with Gasteiger partial charge in [-0.05, 0) is 34.7 Å². The van der Waals surface area contributed by atoms with Crippen LogP contribution >= 0.6 is 15.9 Å². The zero-order valence-corrected chi connectivity index (χ0v) is 11.8. The average Bonchev–Trinajstić information content (AvgIpc) is 2.40. The molecule has 6 heteroatoms. The molecule has 0 amide bonds. The van der Waals surface area contributed by atoms with Gasteiger partial charge in [-0.2, -0.15) is 0 Å². The van der Waals surface area contributed by atoms with Crippen molar-refractivity contribution in [2.24, 2.45) is 5.92 Å². The van der Waals surface area contributed by atoms with Crippen LogP contribution in [0, 0.1) is 5.92 Å². The summed E-state index contributed by atoms with van der Waals surface area (Å²) in [6, 6.07) is 0. The lowest BCUT2D eigenvalue weighted by molar-refractivity contribution is 0.411. The third kappa shape index (κ3) is 2.48. The molecule has 0 radical (unpaired) electrons. The normalized spacial score (nSPS) is 20.8. The highest BCUT2D eigenvalue weighted by Gasteiger charge is 2.23. The Kier molecular flexibility index (Phi) is 3.13. The van der Waals surface area contributed by atoms with Gasteiger partial charge < -0.3 is 4.57 Å². The smallest absolute Gasteiger partial charge is 0.177 e. The lowest BCUT2D eigenvalue weighted by atomic mass is 9.97. The van der Waals surface area contributed by atoms with Gasteiger partial charge in [0.2, 0.25) is 0 Å². The molecule has 0 N–H and O–H groups in total. The van der Waals surface area contributed by atoms with Gasteiger partial charge in [-0.1, -0.05) is 6.92 Å². The van der Waals surface area contributed by atoms with Gasteiger partial charge in [-0.15, -0.1) is 0 Å². The first-order chi connectivity index (χ1) is 7.37. The number of hydrogen-bond acceptors (Lipinski definition) is 3. The molecule has 1 atom stereocenters.